The van der Waals surface area contributed by atoms with E-state index in [0.29, 0.717) is 23.2 Å². The topological polar surface area (TPSA) is 70.7 Å². The number of carbonyl (C=O) groups excluding carboxylic acids is 1. The number of alkyl halides is 3. The molecule has 1 N–H and O–H groups in total. The van der Waals surface area contributed by atoms with Gasteiger partial charge in [0.1, 0.15) is 0 Å². The second-order valence-electron chi connectivity index (χ2n) is 6.79. The zero-order valence-electron chi connectivity index (χ0n) is 20.7. The Morgan fingerprint density at radius 1 is 1.12 bits per heavy atom. The highest BCUT2D eigenvalue weighted by Crippen LogP contribution is 2.31. The van der Waals surface area contributed by atoms with E-state index in [-0.39, 0.29) is 29.5 Å². The molecule has 1 aliphatic heterocycles. The van der Waals surface area contributed by atoms with Gasteiger partial charge in [-0.1, -0.05) is 45.4 Å². The van der Waals surface area contributed by atoms with E-state index < -0.39 is 11.9 Å². The van der Waals surface area contributed by atoms with Crippen molar-refractivity contribution >= 4 is 17.1 Å². The van der Waals surface area contributed by atoms with Crippen LogP contribution in [0, 0.1) is 0 Å². The molecule has 0 saturated carbocycles. The zero-order valence-corrected chi connectivity index (χ0v) is 20.7. The Labute approximate surface area is 200 Å². The molecule has 34 heavy (non-hydrogen) atoms. The quantitative estimate of drug-likeness (QED) is 0.419. The number of nitrogens with zero attached hydrogens (tertiary/aromatic N) is 4. The fraction of sp³-hybridized carbons (Fsp3) is 0.480. The number of likely N-dealkylation sites (tertiary alicyclic amines) is 1. The number of allylic oxidation sites excluding steroid dienone is 3. The minimum Gasteiger partial charge on any atom is -0.397 e. The van der Waals surface area contributed by atoms with Gasteiger partial charge < -0.3 is 10.0 Å². The van der Waals surface area contributed by atoms with Crippen molar-refractivity contribution in [1.82, 2.24) is 19.5 Å². The molecule has 0 atom stereocenters. The van der Waals surface area contributed by atoms with E-state index in [0.717, 1.165) is 31.7 Å². The Kier molecular flexibility index (Phi) is 14.5. The second-order valence-corrected chi connectivity index (χ2v) is 6.79. The Morgan fingerprint density at radius 3 is 2.09 bits per heavy atom. The van der Waals surface area contributed by atoms with Crippen LogP contribution in [-0.4, -0.2) is 50.2 Å². The Bertz CT molecular complexity index is 928. The molecule has 1 fully saturated rings. The Morgan fingerprint density at radius 2 is 1.65 bits per heavy atom. The largest absolute Gasteiger partial charge is 0.433 e. The summed E-state index contributed by atoms with van der Waals surface area (Å²) in [6, 6.07) is 2.25. The number of aromatic nitrogens is 3. The molecule has 0 aromatic carbocycles. The first-order valence-electron chi connectivity index (χ1n) is 11.4. The van der Waals surface area contributed by atoms with E-state index in [1.54, 1.807) is 24.8 Å². The highest BCUT2D eigenvalue weighted by molar-refractivity contribution is 5.93. The molecule has 3 rings (SSSR count). The lowest BCUT2D eigenvalue weighted by atomic mass is 10.1. The molecular formula is C25H37F3N4O2. The van der Waals surface area contributed by atoms with Gasteiger partial charge >= 0.3 is 6.18 Å². The summed E-state index contributed by atoms with van der Waals surface area (Å²) in [5, 5.41) is 11.5. The van der Waals surface area contributed by atoms with Crippen molar-refractivity contribution in [2.45, 2.75) is 59.6 Å². The normalized spacial score (nSPS) is 13.9. The van der Waals surface area contributed by atoms with Gasteiger partial charge in [0.2, 0.25) is 0 Å². The maximum atomic E-state index is 13.6. The average Bonchev–Trinajstić information content (AvgIpc) is 3.07. The van der Waals surface area contributed by atoms with Crippen molar-refractivity contribution in [2.75, 3.05) is 19.7 Å². The van der Waals surface area contributed by atoms with Gasteiger partial charge in [0, 0.05) is 25.8 Å². The SMILES string of the molecule is C=C.C=C/C(=C\C)c1cc(C(F)(F)F)n2nc(C(=O)N3CCCCCC3)cc2n1.CC.CCO. The third-order valence-corrected chi connectivity index (χ3v) is 4.66. The maximum Gasteiger partial charge on any atom is 0.433 e. The number of rotatable bonds is 3. The molecule has 9 heteroatoms. The number of fused-ring (bicyclic) bond motifs is 1. The van der Waals surface area contributed by atoms with E-state index in [2.05, 4.69) is 29.8 Å². The van der Waals surface area contributed by atoms with Crippen molar-refractivity contribution in [3.63, 3.8) is 0 Å². The average molecular weight is 483 g/mol. The van der Waals surface area contributed by atoms with Crippen LogP contribution in [0.25, 0.3) is 11.2 Å². The van der Waals surface area contributed by atoms with E-state index in [4.69, 9.17) is 5.11 Å². The molecule has 0 radical (unpaired) electrons. The molecule has 1 amide bonds. The van der Waals surface area contributed by atoms with E-state index >= 15 is 0 Å². The summed E-state index contributed by atoms with van der Waals surface area (Å²) in [5.74, 6) is -0.355. The van der Waals surface area contributed by atoms with Crippen molar-refractivity contribution in [2.24, 2.45) is 0 Å². The minimum absolute atomic E-state index is 0.0146. The lowest BCUT2D eigenvalue weighted by Crippen LogP contribution is -2.32. The van der Waals surface area contributed by atoms with E-state index in [1.165, 1.54) is 12.1 Å². The van der Waals surface area contributed by atoms with E-state index in [1.807, 2.05) is 13.8 Å². The molecule has 0 aliphatic carbocycles. The van der Waals surface area contributed by atoms with Gasteiger partial charge in [0.15, 0.2) is 17.0 Å². The lowest BCUT2D eigenvalue weighted by Gasteiger charge is -2.18. The summed E-state index contributed by atoms with van der Waals surface area (Å²) < 4.78 is 41.4. The van der Waals surface area contributed by atoms with Crippen molar-refractivity contribution in [1.29, 1.82) is 0 Å². The van der Waals surface area contributed by atoms with Gasteiger partial charge in [-0.3, -0.25) is 4.79 Å². The predicted octanol–water partition coefficient (Wildman–Crippen LogP) is 6.18. The van der Waals surface area contributed by atoms with Gasteiger partial charge in [0.25, 0.3) is 5.91 Å². The molecule has 2 aromatic rings. The number of hydrogen-bond donors (Lipinski definition) is 1. The van der Waals surface area contributed by atoms with Crippen LogP contribution < -0.4 is 0 Å². The first kappa shape index (κ1) is 31.1. The fourth-order valence-electron chi connectivity index (χ4n) is 3.23. The molecule has 1 saturated heterocycles. The molecule has 0 spiro atoms. The minimum atomic E-state index is -4.63. The van der Waals surface area contributed by atoms with Crippen LogP contribution in [-0.2, 0) is 6.18 Å². The standard InChI is InChI=1S/C19H21F3N4O.C2H6O.C2H6.C2H4/c1-3-13(4-2)14-11-16(19(20,21)22)26-17(23-14)12-15(24-26)18(27)25-9-7-5-6-8-10-25;1-2-3;2*1-2/h3-4,11-12H,1,5-10H2,2H3;3H,2H2,1H3;1-2H3;1-2H2/b13-4+;;;. The summed E-state index contributed by atoms with van der Waals surface area (Å²) in [4.78, 5) is 18.6. The number of hydrogen-bond acceptors (Lipinski definition) is 4. The predicted molar refractivity (Wildman–Crippen MR) is 132 cm³/mol. The lowest BCUT2D eigenvalue weighted by molar-refractivity contribution is -0.142. The van der Waals surface area contributed by atoms with Crippen LogP contribution in [0.4, 0.5) is 13.2 Å². The number of amides is 1. The maximum absolute atomic E-state index is 13.6. The van der Waals surface area contributed by atoms with Crippen molar-refractivity contribution in [3.05, 3.63) is 61.1 Å². The molecule has 0 bridgehead atoms. The molecule has 0 unspecified atom stereocenters. The summed E-state index contributed by atoms with van der Waals surface area (Å²) >= 11 is 0. The first-order chi connectivity index (χ1) is 16.3. The Hall–Kier alpha value is -2.94. The Balaban J connectivity index is 0.00000141. The monoisotopic (exact) mass is 482 g/mol. The van der Waals surface area contributed by atoms with Crippen LogP contribution >= 0.6 is 0 Å². The molecular weight excluding hydrogens is 445 g/mol. The number of halogens is 3. The summed E-state index contributed by atoms with van der Waals surface area (Å²) in [7, 11) is 0. The molecule has 1 aliphatic rings. The van der Waals surface area contributed by atoms with Gasteiger partial charge in [-0.25, -0.2) is 9.50 Å². The zero-order chi connectivity index (χ0) is 26.3. The van der Waals surface area contributed by atoms with Crippen LogP contribution in [0.15, 0.2) is 44.0 Å². The molecule has 6 nitrogen and oxygen atoms in total. The highest BCUT2D eigenvalue weighted by Gasteiger charge is 2.36. The number of carbonyl (C=O) groups is 1. The molecule has 3 heterocycles. The van der Waals surface area contributed by atoms with Crippen LogP contribution in [0.2, 0.25) is 0 Å². The fourth-order valence-corrected chi connectivity index (χ4v) is 3.23. The van der Waals surface area contributed by atoms with Gasteiger partial charge in [0.05, 0.1) is 5.69 Å². The molecule has 190 valence electrons. The van der Waals surface area contributed by atoms with Crippen molar-refractivity contribution < 1.29 is 23.1 Å². The van der Waals surface area contributed by atoms with Gasteiger partial charge in [-0.05, 0) is 38.3 Å². The van der Waals surface area contributed by atoms with Gasteiger partial charge in [-0.15, -0.1) is 13.2 Å². The van der Waals surface area contributed by atoms with Gasteiger partial charge in [-0.2, -0.15) is 18.3 Å². The first-order valence-corrected chi connectivity index (χ1v) is 11.4. The van der Waals surface area contributed by atoms with Crippen molar-refractivity contribution in [3.8, 4) is 0 Å². The smallest absolute Gasteiger partial charge is 0.397 e. The molecule has 2 aromatic heterocycles. The second kappa shape index (κ2) is 15.8. The summed E-state index contributed by atoms with van der Waals surface area (Å²) in [5.41, 5.74) is -0.393. The number of aliphatic hydroxyl groups excluding tert-OH is 1. The van der Waals surface area contributed by atoms with Crippen LogP contribution in [0.3, 0.4) is 0 Å². The highest BCUT2D eigenvalue weighted by atomic mass is 19.4. The summed E-state index contributed by atoms with van der Waals surface area (Å²) in [6.45, 7) is 18.4. The van der Waals surface area contributed by atoms with Crippen LogP contribution in [0.5, 0.6) is 0 Å². The third-order valence-electron chi connectivity index (χ3n) is 4.66. The summed E-state index contributed by atoms with van der Waals surface area (Å²) in [6.07, 6.45) is 2.31. The van der Waals surface area contributed by atoms with Crippen LogP contribution in [0.1, 0.15) is 75.3 Å². The third kappa shape index (κ3) is 8.44. The van der Waals surface area contributed by atoms with E-state index in [9.17, 15) is 18.0 Å². The number of aliphatic hydroxyl groups is 1.